The van der Waals surface area contributed by atoms with Crippen LogP contribution in [0, 0.1) is 0 Å². The normalized spacial score (nSPS) is 17.9. The second-order valence-corrected chi connectivity index (χ2v) is 5.48. The van der Waals surface area contributed by atoms with Gasteiger partial charge >= 0.3 is 0 Å². The summed E-state index contributed by atoms with van der Waals surface area (Å²) in [5.41, 5.74) is 2.05. The van der Waals surface area contributed by atoms with Gasteiger partial charge in [-0.1, -0.05) is 13.5 Å². The van der Waals surface area contributed by atoms with Crippen LogP contribution in [0.4, 0.5) is 0 Å². The van der Waals surface area contributed by atoms with E-state index in [9.17, 15) is 4.79 Å². The van der Waals surface area contributed by atoms with Crippen LogP contribution < -0.4 is 4.74 Å². The largest absolute Gasteiger partial charge is 0.497 e. The number of nitrogens with one attached hydrogen (secondary N) is 1. The highest BCUT2D eigenvalue weighted by atomic mass is 16.5. The number of amides is 1. The Morgan fingerprint density at radius 3 is 3.00 bits per heavy atom. The third-order valence-electron chi connectivity index (χ3n) is 4.34. The monoisotopic (exact) mass is 300 g/mol. The summed E-state index contributed by atoms with van der Waals surface area (Å²) >= 11 is 0. The van der Waals surface area contributed by atoms with Gasteiger partial charge < -0.3 is 9.64 Å². The van der Waals surface area contributed by atoms with E-state index in [0.717, 1.165) is 23.1 Å². The van der Waals surface area contributed by atoms with Crippen LogP contribution in [0.2, 0.25) is 0 Å². The average molecular weight is 300 g/mol. The van der Waals surface area contributed by atoms with Gasteiger partial charge in [-0.05, 0) is 31.8 Å². The first-order valence-corrected chi connectivity index (χ1v) is 7.29. The standard InChI is InChI=1S/C16H20N4O2/c1-5-19(3)14-9-20(10(14)2)16(21)15-12-8-11(22-4)6-7-13(12)17-18-15/h6-8,14H,2,5,9H2,1,3-4H3,(H,17,18)/t14-/m1/s1. The number of likely N-dealkylation sites (N-methyl/N-ethyl adjacent to an activating group) is 1. The second-order valence-electron chi connectivity index (χ2n) is 5.48. The molecule has 1 aromatic carbocycles. The summed E-state index contributed by atoms with van der Waals surface area (Å²) in [6, 6.07) is 5.75. The molecule has 1 atom stereocenters. The van der Waals surface area contributed by atoms with Gasteiger partial charge in [0.1, 0.15) is 5.75 Å². The molecule has 1 saturated heterocycles. The van der Waals surface area contributed by atoms with E-state index >= 15 is 0 Å². The third-order valence-corrected chi connectivity index (χ3v) is 4.34. The topological polar surface area (TPSA) is 61.5 Å². The number of hydrogen-bond acceptors (Lipinski definition) is 4. The molecule has 0 saturated carbocycles. The van der Waals surface area contributed by atoms with Crippen LogP contribution in [-0.4, -0.2) is 59.2 Å². The molecule has 1 amide bonds. The van der Waals surface area contributed by atoms with E-state index in [0.29, 0.717) is 18.0 Å². The summed E-state index contributed by atoms with van der Waals surface area (Å²) in [4.78, 5) is 16.6. The van der Waals surface area contributed by atoms with Crippen LogP contribution in [0.3, 0.4) is 0 Å². The number of ether oxygens (including phenoxy) is 1. The molecule has 3 rings (SSSR count). The lowest BCUT2D eigenvalue weighted by Gasteiger charge is -2.45. The van der Waals surface area contributed by atoms with Crippen LogP contribution >= 0.6 is 0 Å². The zero-order chi connectivity index (χ0) is 15.9. The maximum Gasteiger partial charge on any atom is 0.279 e. The summed E-state index contributed by atoms with van der Waals surface area (Å²) in [6.07, 6.45) is 0. The lowest BCUT2D eigenvalue weighted by Crippen LogP contribution is -2.57. The molecule has 1 fully saturated rings. The Morgan fingerprint density at radius 1 is 1.59 bits per heavy atom. The van der Waals surface area contributed by atoms with Crippen molar-refractivity contribution in [3.63, 3.8) is 0 Å². The SMILES string of the molecule is C=C1[C@H](N(C)CC)CN1C(=O)c1n[nH]c2ccc(OC)cc12. The number of hydrogen-bond donors (Lipinski definition) is 1. The molecule has 6 heteroatoms. The molecule has 0 aliphatic carbocycles. The number of H-pyrrole nitrogens is 1. The highest BCUT2D eigenvalue weighted by molar-refractivity contribution is 6.06. The first-order chi connectivity index (χ1) is 10.6. The Balaban J connectivity index is 1.86. The van der Waals surface area contributed by atoms with Gasteiger partial charge in [0.05, 0.1) is 18.7 Å². The van der Waals surface area contributed by atoms with Crippen LogP contribution in [0.25, 0.3) is 10.9 Å². The van der Waals surface area contributed by atoms with E-state index in [4.69, 9.17) is 4.74 Å². The van der Waals surface area contributed by atoms with Crippen molar-refractivity contribution in [1.82, 2.24) is 20.0 Å². The number of aromatic nitrogens is 2. The number of methoxy groups -OCH3 is 1. The Morgan fingerprint density at radius 2 is 2.36 bits per heavy atom. The molecule has 0 radical (unpaired) electrons. The smallest absolute Gasteiger partial charge is 0.279 e. The predicted molar refractivity (Wildman–Crippen MR) is 84.9 cm³/mol. The molecule has 2 aromatic rings. The van der Waals surface area contributed by atoms with Crippen molar-refractivity contribution < 1.29 is 9.53 Å². The minimum atomic E-state index is -0.120. The van der Waals surface area contributed by atoms with Gasteiger partial charge in [-0.3, -0.25) is 14.8 Å². The van der Waals surface area contributed by atoms with Crippen molar-refractivity contribution in [1.29, 1.82) is 0 Å². The number of rotatable bonds is 4. The van der Waals surface area contributed by atoms with Crippen molar-refractivity contribution >= 4 is 16.8 Å². The van der Waals surface area contributed by atoms with Gasteiger partial charge in [-0.2, -0.15) is 5.10 Å². The Labute approximate surface area is 129 Å². The molecule has 6 nitrogen and oxygen atoms in total. The van der Waals surface area contributed by atoms with Gasteiger partial charge in [0.2, 0.25) is 0 Å². The summed E-state index contributed by atoms with van der Waals surface area (Å²) < 4.78 is 5.22. The molecule has 22 heavy (non-hydrogen) atoms. The maximum atomic E-state index is 12.7. The van der Waals surface area contributed by atoms with Crippen molar-refractivity contribution in [2.45, 2.75) is 13.0 Å². The van der Waals surface area contributed by atoms with Crippen LogP contribution in [0.1, 0.15) is 17.4 Å². The molecule has 0 spiro atoms. The molecule has 1 aliphatic rings. The van der Waals surface area contributed by atoms with E-state index in [1.54, 1.807) is 12.0 Å². The van der Waals surface area contributed by atoms with E-state index in [-0.39, 0.29) is 11.9 Å². The molecule has 116 valence electrons. The van der Waals surface area contributed by atoms with E-state index < -0.39 is 0 Å². The number of likely N-dealkylation sites (tertiary alicyclic amines) is 1. The number of nitrogens with zero attached hydrogens (tertiary/aromatic N) is 3. The second kappa shape index (κ2) is 5.46. The maximum absolute atomic E-state index is 12.7. The minimum Gasteiger partial charge on any atom is -0.497 e. The number of aromatic amines is 1. The number of carbonyl (C=O) groups is 1. The zero-order valence-electron chi connectivity index (χ0n) is 13.1. The molecule has 1 N–H and O–H groups in total. The Hall–Kier alpha value is -2.34. The van der Waals surface area contributed by atoms with Crippen molar-refractivity contribution in [3.8, 4) is 5.75 Å². The minimum absolute atomic E-state index is 0.120. The molecule has 0 unspecified atom stereocenters. The number of fused-ring (bicyclic) bond motifs is 1. The molecular formula is C16H20N4O2. The van der Waals surface area contributed by atoms with E-state index in [2.05, 4.69) is 28.6 Å². The first-order valence-electron chi connectivity index (χ1n) is 7.29. The van der Waals surface area contributed by atoms with Crippen LogP contribution in [-0.2, 0) is 0 Å². The van der Waals surface area contributed by atoms with Crippen molar-refractivity contribution in [3.05, 3.63) is 36.2 Å². The molecule has 1 aliphatic heterocycles. The van der Waals surface area contributed by atoms with Crippen LogP contribution in [0.5, 0.6) is 5.75 Å². The van der Waals surface area contributed by atoms with E-state index in [1.807, 2.05) is 25.2 Å². The lowest BCUT2D eigenvalue weighted by molar-refractivity contribution is 0.0583. The molecular weight excluding hydrogens is 280 g/mol. The quantitative estimate of drug-likeness (QED) is 0.936. The molecule has 1 aromatic heterocycles. The van der Waals surface area contributed by atoms with Gasteiger partial charge in [0, 0.05) is 17.6 Å². The Kier molecular flexibility index (Phi) is 3.62. The fraction of sp³-hybridized carbons (Fsp3) is 0.375. The fourth-order valence-electron chi connectivity index (χ4n) is 2.70. The Bertz CT molecular complexity index is 737. The summed E-state index contributed by atoms with van der Waals surface area (Å²) in [7, 11) is 3.64. The highest BCUT2D eigenvalue weighted by Crippen LogP contribution is 2.29. The predicted octanol–water partition coefficient (Wildman–Crippen LogP) is 1.86. The van der Waals surface area contributed by atoms with Gasteiger partial charge in [0.25, 0.3) is 5.91 Å². The van der Waals surface area contributed by atoms with Gasteiger partial charge in [-0.15, -0.1) is 0 Å². The van der Waals surface area contributed by atoms with E-state index in [1.165, 1.54) is 0 Å². The van der Waals surface area contributed by atoms with Gasteiger partial charge in [-0.25, -0.2) is 0 Å². The summed E-state index contributed by atoms with van der Waals surface area (Å²) in [6.45, 7) is 7.70. The molecule has 0 bridgehead atoms. The summed E-state index contributed by atoms with van der Waals surface area (Å²) in [5.74, 6) is 0.583. The third kappa shape index (κ3) is 2.16. The fourth-order valence-corrected chi connectivity index (χ4v) is 2.70. The number of carbonyl (C=O) groups excluding carboxylic acids is 1. The van der Waals surface area contributed by atoms with Crippen molar-refractivity contribution in [2.75, 3.05) is 27.2 Å². The summed E-state index contributed by atoms with van der Waals surface area (Å²) in [5, 5.41) is 7.83. The van der Waals surface area contributed by atoms with Crippen molar-refractivity contribution in [2.24, 2.45) is 0 Å². The van der Waals surface area contributed by atoms with Crippen LogP contribution in [0.15, 0.2) is 30.5 Å². The molecule has 2 heterocycles. The van der Waals surface area contributed by atoms with Gasteiger partial charge in [0.15, 0.2) is 5.69 Å². The average Bonchev–Trinajstić information content (AvgIpc) is 2.95. The zero-order valence-corrected chi connectivity index (χ0v) is 13.1. The highest BCUT2D eigenvalue weighted by Gasteiger charge is 2.38. The number of benzene rings is 1. The lowest BCUT2D eigenvalue weighted by atomic mass is 10.0. The first kappa shape index (κ1) is 14.6.